The summed E-state index contributed by atoms with van der Waals surface area (Å²) in [6, 6.07) is 0. The molecular formula is C4H7NO5. The number of aliphatic hydroxyl groups excluding tert-OH is 1. The summed E-state index contributed by atoms with van der Waals surface area (Å²) in [4.78, 5) is 20.1. The second-order valence-corrected chi connectivity index (χ2v) is 1.74. The quantitative estimate of drug-likeness (QED) is 0.339. The van der Waals surface area contributed by atoms with Gasteiger partial charge in [-0.2, -0.15) is 0 Å². The molecule has 0 amide bonds. The van der Waals surface area contributed by atoms with Gasteiger partial charge in [-0.3, -0.25) is 0 Å². The first-order valence-electron chi connectivity index (χ1n) is 2.31. The highest BCUT2D eigenvalue weighted by molar-refractivity contribution is 6.03. The van der Waals surface area contributed by atoms with Gasteiger partial charge in [0.25, 0.3) is 0 Å². The lowest BCUT2D eigenvalue weighted by Crippen LogP contribution is -2.57. The maximum atomic E-state index is 10.0. The van der Waals surface area contributed by atoms with Gasteiger partial charge in [0.1, 0.15) is 0 Å². The first-order valence-corrected chi connectivity index (χ1v) is 2.31. The van der Waals surface area contributed by atoms with Crippen LogP contribution < -0.4 is 5.73 Å². The Morgan fingerprint density at radius 2 is 1.60 bits per heavy atom. The number of aliphatic carboxylic acids is 2. The van der Waals surface area contributed by atoms with Crippen LogP contribution in [0.5, 0.6) is 0 Å². The Labute approximate surface area is 55.9 Å². The molecule has 5 N–H and O–H groups in total. The number of carbonyl (C=O) groups is 2. The third-order valence-electron chi connectivity index (χ3n) is 1.01. The van der Waals surface area contributed by atoms with Crippen LogP contribution in [0.2, 0.25) is 0 Å². The van der Waals surface area contributed by atoms with Crippen LogP contribution in [0.1, 0.15) is 0 Å². The molecule has 0 fully saturated rings. The zero-order valence-corrected chi connectivity index (χ0v) is 4.94. The van der Waals surface area contributed by atoms with E-state index in [2.05, 4.69) is 0 Å². The third kappa shape index (κ3) is 1.23. The van der Waals surface area contributed by atoms with E-state index in [1.807, 2.05) is 0 Å². The molecule has 0 rings (SSSR count). The monoisotopic (exact) mass is 149 g/mol. The average Bonchev–Trinajstić information content (AvgIpc) is 1.85. The number of hydrogen-bond donors (Lipinski definition) is 4. The fraction of sp³-hybridized carbons (Fsp3) is 0.500. The summed E-state index contributed by atoms with van der Waals surface area (Å²) >= 11 is 0. The molecule has 6 heteroatoms. The van der Waals surface area contributed by atoms with Crippen molar-refractivity contribution >= 4 is 11.9 Å². The van der Waals surface area contributed by atoms with Gasteiger partial charge in [0.05, 0.1) is 6.61 Å². The molecule has 10 heavy (non-hydrogen) atoms. The standard InChI is InChI=1S/C4H7NO5/c5-4(1-6,2(7)8)3(9)10/h6H,1,5H2,(H,7,8)(H,9,10). The van der Waals surface area contributed by atoms with Crippen molar-refractivity contribution in [1.29, 1.82) is 0 Å². The van der Waals surface area contributed by atoms with E-state index in [1.165, 1.54) is 0 Å². The van der Waals surface area contributed by atoms with Crippen molar-refractivity contribution in [2.45, 2.75) is 5.54 Å². The molecule has 58 valence electrons. The lowest BCUT2D eigenvalue weighted by molar-refractivity contribution is -0.158. The zero-order valence-electron chi connectivity index (χ0n) is 4.94. The lowest BCUT2D eigenvalue weighted by atomic mass is 10.0. The number of aliphatic hydroxyl groups is 1. The molecule has 0 atom stereocenters. The van der Waals surface area contributed by atoms with Crippen molar-refractivity contribution in [3.8, 4) is 0 Å². The summed E-state index contributed by atoms with van der Waals surface area (Å²) in [7, 11) is 0. The molecule has 0 unspecified atom stereocenters. The summed E-state index contributed by atoms with van der Waals surface area (Å²) in [6.45, 7) is -1.13. The summed E-state index contributed by atoms with van der Waals surface area (Å²) in [6.07, 6.45) is 0. The molecule has 0 aliphatic carbocycles. The highest BCUT2D eigenvalue weighted by atomic mass is 16.4. The van der Waals surface area contributed by atoms with Crippen LogP contribution in [0.25, 0.3) is 0 Å². The molecule has 6 nitrogen and oxygen atoms in total. The molecule has 0 bridgehead atoms. The van der Waals surface area contributed by atoms with Crippen LogP contribution >= 0.6 is 0 Å². The SMILES string of the molecule is NC(CO)(C(=O)O)C(=O)O. The smallest absolute Gasteiger partial charge is 0.337 e. The van der Waals surface area contributed by atoms with E-state index >= 15 is 0 Å². The van der Waals surface area contributed by atoms with Gasteiger partial charge in [-0.1, -0.05) is 0 Å². The summed E-state index contributed by atoms with van der Waals surface area (Å²) < 4.78 is 0. The van der Waals surface area contributed by atoms with Crippen molar-refractivity contribution in [1.82, 2.24) is 0 Å². The Morgan fingerprint density at radius 3 is 1.60 bits per heavy atom. The second-order valence-electron chi connectivity index (χ2n) is 1.74. The fourth-order valence-corrected chi connectivity index (χ4v) is 0.227. The lowest BCUT2D eigenvalue weighted by Gasteiger charge is -2.14. The molecule has 0 heterocycles. The van der Waals surface area contributed by atoms with Gasteiger partial charge in [-0.15, -0.1) is 0 Å². The Kier molecular flexibility index (Phi) is 2.33. The molecule has 0 aromatic carbocycles. The predicted octanol–water partition coefficient (Wildman–Crippen LogP) is -2.15. The zero-order chi connectivity index (χ0) is 8.36. The van der Waals surface area contributed by atoms with Gasteiger partial charge in [0.2, 0.25) is 5.54 Å². The molecule has 0 radical (unpaired) electrons. The van der Waals surface area contributed by atoms with Crippen LogP contribution in [0.15, 0.2) is 0 Å². The van der Waals surface area contributed by atoms with Gasteiger partial charge in [0.15, 0.2) is 0 Å². The minimum Gasteiger partial charge on any atom is -0.479 e. The van der Waals surface area contributed by atoms with Gasteiger partial charge in [-0.25, -0.2) is 9.59 Å². The molecule has 0 aliphatic rings. The van der Waals surface area contributed by atoms with Crippen molar-refractivity contribution in [3.63, 3.8) is 0 Å². The van der Waals surface area contributed by atoms with Crippen molar-refractivity contribution < 1.29 is 24.9 Å². The van der Waals surface area contributed by atoms with E-state index in [-0.39, 0.29) is 0 Å². The molecule has 0 spiro atoms. The van der Waals surface area contributed by atoms with Crippen LogP contribution in [0.4, 0.5) is 0 Å². The normalized spacial score (nSPS) is 11.0. The van der Waals surface area contributed by atoms with E-state index < -0.39 is 24.1 Å². The molecule has 0 aromatic rings. The summed E-state index contributed by atoms with van der Waals surface area (Å²) in [5, 5.41) is 24.5. The maximum absolute atomic E-state index is 10.0. The largest absolute Gasteiger partial charge is 0.479 e. The Balaban J connectivity index is 4.55. The number of hydrogen-bond acceptors (Lipinski definition) is 4. The predicted molar refractivity (Wildman–Crippen MR) is 29.3 cm³/mol. The van der Waals surface area contributed by atoms with Crippen LogP contribution in [-0.2, 0) is 9.59 Å². The average molecular weight is 149 g/mol. The number of carboxylic acids is 2. The van der Waals surface area contributed by atoms with Crippen LogP contribution in [0.3, 0.4) is 0 Å². The molecule has 0 saturated heterocycles. The minimum absolute atomic E-state index is 1.13. The van der Waals surface area contributed by atoms with Crippen molar-refractivity contribution in [3.05, 3.63) is 0 Å². The highest BCUT2D eigenvalue weighted by Crippen LogP contribution is 1.98. The van der Waals surface area contributed by atoms with E-state index in [0.29, 0.717) is 0 Å². The van der Waals surface area contributed by atoms with E-state index in [4.69, 9.17) is 21.1 Å². The number of carboxylic acid groups (broad SMARTS) is 2. The molecule has 0 saturated carbocycles. The van der Waals surface area contributed by atoms with Crippen LogP contribution in [-0.4, -0.2) is 39.4 Å². The number of nitrogens with two attached hydrogens (primary N) is 1. The molecule has 0 aromatic heterocycles. The summed E-state index contributed by atoms with van der Waals surface area (Å²) in [5.74, 6) is -3.52. The Hall–Kier alpha value is -1.14. The fourth-order valence-electron chi connectivity index (χ4n) is 0.227. The van der Waals surface area contributed by atoms with E-state index in [9.17, 15) is 9.59 Å². The van der Waals surface area contributed by atoms with E-state index in [0.717, 1.165) is 0 Å². The Morgan fingerprint density at radius 1 is 1.30 bits per heavy atom. The van der Waals surface area contributed by atoms with Crippen molar-refractivity contribution in [2.75, 3.05) is 6.61 Å². The third-order valence-corrected chi connectivity index (χ3v) is 1.01. The molecule has 0 aliphatic heterocycles. The Bertz CT molecular complexity index is 151. The van der Waals surface area contributed by atoms with Crippen molar-refractivity contribution in [2.24, 2.45) is 5.73 Å². The van der Waals surface area contributed by atoms with E-state index in [1.54, 1.807) is 0 Å². The van der Waals surface area contributed by atoms with Gasteiger partial charge in [0, 0.05) is 0 Å². The summed E-state index contributed by atoms with van der Waals surface area (Å²) in [5.41, 5.74) is 2.16. The van der Waals surface area contributed by atoms with Gasteiger partial charge < -0.3 is 21.1 Å². The van der Waals surface area contributed by atoms with Gasteiger partial charge >= 0.3 is 11.9 Å². The maximum Gasteiger partial charge on any atom is 0.337 e. The molecular weight excluding hydrogens is 142 g/mol. The first-order chi connectivity index (χ1) is 4.45. The minimum atomic E-state index is -2.57. The highest BCUT2D eigenvalue weighted by Gasteiger charge is 2.41. The van der Waals surface area contributed by atoms with Crippen LogP contribution in [0, 0.1) is 0 Å². The number of rotatable bonds is 3. The second kappa shape index (κ2) is 2.63. The topological polar surface area (TPSA) is 121 Å². The first kappa shape index (κ1) is 8.86. The van der Waals surface area contributed by atoms with Gasteiger partial charge in [-0.05, 0) is 0 Å².